The van der Waals surface area contributed by atoms with Gasteiger partial charge in [0.05, 0.1) is 6.10 Å². The van der Waals surface area contributed by atoms with E-state index in [0.717, 1.165) is 4.43 Å². The summed E-state index contributed by atoms with van der Waals surface area (Å²) in [5.41, 5.74) is 0. The minimum absolute atomic E-state index is 0.273. The first-order chi connectivity index (χ1) is 7.15. The van der Waals surface area contributed by atoms with E-state index < -0.39 is 8.32 Å². The standard InChI is InChI=1S/C12H24I2OSi/c1-10(9-14)11(7-8-13)15-16(5,6)12(2,3)4/h7-8,10-11H,9H2,1-6H3/b8-7+/t10-,11+/m0/s1. The topological polar surface area (TPSA) is 9.23 Å². The fourth-order valence-electron chi connectivity index (χ4n) is 1.02. The molecule has 0 aliphatic heterocycles. The Morgan fingerprint density at radius 3 is 2.12 bits per heavy atom. The summed E-state index contributed by atoms with van der Waals surface area (Å²) in [6, 6.07) is 0. The molecular formula is C12H24I2OSi. The van der Waals surface area contributed by atoms with E-state index in [2.05, 4.69) is 96.1 Å². The number of halogens is 2. The highest BCUT2D eigenvalue weighted by Gasteiger charge is 2.39. The zero-order valence-electron chi connectivity index (χ0n) is 11.2. The third-order valence-corrected chi connectivity index (χ3v) is 9.58. The van der Waals surface area contributed by atoms with E-state index in [0.29, 0.717) is 5.92 Å². The minimum atomic E-state index is -1.64. The van der Waals surface area contributed by atoms with Crippen LogP contribution in [0.5, 0.6) is 0 Å². The quantitative estimate of drug-likeness (QED) is 0.300. The van der Waals surface area contributed by atoms with Crippen molar-refractivity contribution in [3.05, 3.63) is 10.2 Å². The summed E-state index contributed by atoms with van der Waals surface area (Å²) in [5.74, 6) is 0.584. The van der Waals surface area contributed by atoms with Crippen LogP contribution in [0.15, 0.2) is 10.2 Å². The van der Waals surface area contributed by atoms with Crippen LogP contribution in [0.3, 0.4) is 0 Å². The average molecular weight is 466 g/mol. The van der Waals surface area contributed by atoms with Crippen LogP contribution in [-0.2, 0) is 4.43 Å². The average Bonchev–Trinajstić information content (AvgIpc) is 2.14. The predicted molar refractivity (Wildman–Crippen MR) is 93.3 cm³/mol. The van der Waals surface area contributed by atoms with Gasteiger partial charge in [-0.1, -0.05) is 79.0 Å². The van der Waals surface area contributed by atoms with Crippen LogP contribution in [0.2, 0.25) is 18.1 Å². The minimum Gasteiger partial charge on any atom is -0.410 e. The lowest BCUT2D eigenvalue weighted by Crippen LogP contribution is -2.45. The summed E-state index contributed by atoms with van der Waals surface area (Å²) in [5, 5.41) is 0.287. The highest BCUT2D eigenvalue weighted by atomic mass is 127. The molecule has 0 aromatic rings. The fourth-order valence-corrected chi connectivity index (χ4v) is 3.28. The normalized spacial score (nSPS) is 17.8. The lowest BCUT2D eigenvalue weighted by molar-refractivity contribution is 0.181. The van der Waals surface area contributed by atoms with Crippen molar-refractivity contribution in [3.63, 3.8) is 0 Å². The van der Waals surface area contributed by atoms with Crippen molar-refractivity contribution >= 4 is 53.5 Å². The molecule has 0 saturated carbocycles. The first-order valence-electron chi connectivity index (χ1n) is 5.66. The Morgan fingerprint density at radius 1 is 1.31 bits per heavy atom. The zero-order valence-corrected chi connectivity index (χ0v) is 16.5. The van der Waals surface area contributed by atoms with E-state index in [1.54, 1.807) is 0 Å². The summed E-state index contributed by atoms with van der Waals surface area (Å²) in [4.78, 5) is 0. The highest BCUT2D eigenvalue weighted by molar-refractivity contribution is 14.1. The van der Waals surface area contributed by atoms with Crippen LogP contribution >= 0.6 is 45.2 Å². The maximum atomic E-state index is 6.44. The second kappa shape index (κ2) is 7.09. The van der Waals surface area contributed by atoms with Crippen molar-refractivity contribution in [1.29, 1.82) is 0 Å². The van der Waals surface area contributed by atoms with Gasteiger partial charge in [0, 0.05) is 4.43 Å². The fraction of sp³-hybridized carbons (Fsp3) is 0.833. The van der Waals surface area contributed by atoms with Gasteiger partial charge < -0.3 is 4.43 Å². The molecule has 1 nitrogen and oxygen atoms in total. The Hall–Kier alpha value is 1.38. The van der Waals surface area contributed by atoms with Crippen LogP contribution in [0, 0.1) is 5.92 Å². The van der Waals surface area contributed by atoms with Gasteiger partial charge in [-0.2, -0.15) is 0 Å². The zero-order chi connectivity index (χ0) is 13.0. The largest absolute Gasteiger partial charge is 0.410 e. The van der Waals surface area contributed by atoms with Crippen molar-refractivity contribution in [2.45, 2.75) is 51.9 Å². The first-order valence-corrected chi connectivity index (χ1v) is 11.3. The maximum Gasteiger partial charge on any atom is 0.192 e. The molecule has 0 aromatic heterocycles. The molecule has 4 heteroatoms. The molecule has 0 fully saturated rings. The molecule has 16 heavy (non-hydrogen) atoms. The molecule has 0 rings (SSSR count). The molecule has 96 valence electrons. The highest BCUT2D eigenvalue weighted by Crippen LogP contribution is 2.38. The molecule has 0 aliphatic carbocycles. The van der Waals surface area contributed by atoms with Gasteiger partial charge in [0.1, 0.15) is 0 Å². The molecule has 0 unspecified atom stereocenters. The molecule has 0 N–H and O–H groups in total. The van der Waals surface area contributed by atoms with Gasteiger partial charge in [0.25, 0.3) is 0 Å². The van der Waals surface area contributed by atoms with Crippen molar-refractivity contribution < 1.29 is 4.43 Å². The van der Waals surface area contributed by atoms with Crippen molar-refractivity contribution in [2.75, 3.05) is 4.43 Å². The van der Waals surface area contributed by atoms with E-state index in [9.17, 15) is 0 Å². The number of rotatable bonds is 5. The van der Waals surface area contributed by atoms with Gasteiger partial charge in [-0.15, -0.1) is 0 Å². The van der Waals surface area contributed by atoms with Gasteiger partial charge >= 0.3 is 0 Å². The van der Waals surface area contributed by atoms with E-state index in [1.165, 1.54) is 0 Å². The van der Waals surface area contributed by atoms with Crippen LogP contribution in [0.4, 0.5) is 0 Å². The molecule has 2 atom stereocenters. The molecule has 0 aromatic carbocycles. The van der Waals surface area contributed by atoms with Crippen molar-refractivity contribution in [2.24, 2.45) is 5.92 Å². The molecule has 0 amide bonds. The smallest absolute Gasteiger partial charge is 0.192 e. The first kappa shape index (κ1) is 17.4. The monoisotopic (exact) mass is 466 g/mol. The lowest BCUT2D eigenvalue weighted by atomic mass is 10.1. The summed E-state index contributed by atoms with van der Waals surface area (Å²) >= 11 is 4.72. The third kappa shape index (κ3) is 5.35. The van der Waals surface area contributed by atoms with E-state index in [-0.39, 0.29) is 11.1 Å². The number of hydrogen-bond acceptors (Lipinski definition) is 1. The molecule has 0 bridgehead atoms. The van der Waals surface area contributed by atoms with Gasteiger partial charge in [0.15, 0.2) is 8.32 Å². The maximum absolute atomic E-state index is 6.44. The lowest BCUT2D eigenvalue weighted by Gasteiger charge is -2.39. The SMILES string of the molecule is C[C@@H](CI)[C@@H](/C=C/I)O[Si](C)(C)C(C)(C)C. The summed E-state index contributed by atoms with van der Waals surface area (Å²) < 4.78 is 9.66. The third-order valence-electron chi connectivity index (χ3n) is 3.30. The molecular weight excluding hydrogens is 442 g/mol. The number of alkyl halides is 1. The number of hydrogen-bond donors (Lipinski definition) is 0. The molecule has 0 heterocycles. The summed E-state index contributed by atoms with van der Waals surface area (Å²) in [7, 11) is -1.64. The van der Waals surface area contributed by atoms with Crippen LogP contribution < -0.4 is 0 Å². The Balaban J connectivity index is 4.75. The Morgan fingerprint density at radius 2 is 1.81 bits per heavy atom. The summed E-state index contributed by atoms with van der Waals surface area (Å²) in [6.45, 7) is 13.8. The predicted octanol–water partition coefficient (Wildman–Crippen LogP) is 5.40. The second-order valence-corrected chi connectivity index (χ2v) is 12.1. The van der Waals surface area contributed by atoms with Crippen LogP contribution in [0.1, 0.15) is 27.7 Å². The summed E-state index contributed by atoms with van der Waals surface area (Å²) in [6.07, 6.45) is 2.47. The van der Waals surface area contributed by atoms with Gasteiger partial charge in [-0.05, 0) is 28.1 Å². The van der Waals surface area contributed by atoms with E-state index in [4.69, 9.17) is 4.43 Å². The van der Waals surface area contributed by atoms with Gasteiger partial charge in [0.2, 0.25) is 0 Å². The van der Waals surface area contributed by atoms with Crippen molar-refractivity contribution in [3.8, 4) is 0 Å². The van der Waals surface area contributed by atoms with Crippen molar-refractivity contribution in [1.82, 2.24) is 0 Å². The van der Waals surface area contributed by atoms with Gasteiger partial charge in [-0.3, -0.25) is 0 Å². The van der Waals surface area contributed by atoms with Gasteiger partial charge in [-0.25, -0.2) is 0 Å². The molecule has 0 spiro atoms. The Bertz CT molecular complexity index is 234. The Kier molecular flexibility index (Phi) is 7.70. The Labute approximate surface area is 129 Å². The van der Waals surface area contributed by atoms with E-state index >= 15 is 0 Å². The molecule has 0 aliphatic rings. The van der Waals surface area contributed by atoms with Crippen LogP contribution in [0.25, 0.3) is 0 Å². The second-order valence-electron chi connectivity index (χ2n) is 5.79. The van der Waals surface area contributed by atoms with E-state index in [1.807, 2.05) is 0 Å². The van der Waals surface area contributed by atoms with Crippen LogP contribution in [-0.4, -0.2) is 18.8 Å². The molecule has 0 radical (unpaired) electrons. The molecule has 0 saturated heterocycles.